The van der Waals surface area contributed by atoms with Gasteiger partial charge in [0.15, 0.2) is 0 Å². The van der Waals surface area contributed by atoms with Crippen LogP contribution < -0.4 is 4.74 Å². The zero-order valence-electron chi connectivity index (χ0n) is 11.6. The van der Waals surface area contributed by atoms with Crippen LogP contribution in [0.15, 0.2) is 42.5 Å². The van der Waals surface area contributed by atoms with Gasteiger partial charge in [-0.2, -0.15) is 0 Å². The molecule has 0 radical (unpaired) electrons. The second-order valence-electron chi connectivity index (χ2n) is 6.28. The average Bonchev–Trinajstić information content (AvgIpc) is 3.00. The highest BCUT2D eigenvalue weighted by Gasteiger charge is 2.57. The highest BCUT2D eigenvalue weighted by molar-refractivity contribution is 5.88. The first-order chi connectivity index (χ1) is 9.79. The van der Waals surface area contributed by atoms with Gasteiger partial charge in [-0.05, 0) is 24.3 Å². The maximum atomic E-state index is 10.2. The van der Waals surface area contributed by atoms with E-state index in [1.165, 1.54) is 23.6 Å². The van der Waals surface area contributed by atoms with Crippen molar-refractivity contribution in [3.05, 3.63) is 42.5 Å². The molecule has 0 saturated heterocycles. The van der Waals surface area contributed by atoms with Crippen LogP contribution in [0.2, 0.25) is 0 Å². The van der Waals surface area contributed by atoms with Gasteiger partial charge in [-0.3, -0.25) is 0 Å². The van der Waals surface area contributed by atoms with E-state index in [1.807, 2.05) is 6.07 Å². The Morgan fingerprint density at radius 1 is 1.00 bits per heavy atom. The number of fused-ring (bicyclic) bond motifs is 1. The summed E-state index contributed by atoms with van der Waals surface area (Å²) in [6.07, 6.45) is 5.49. The highest BCUT2D eigenvalue weighted by atomic mass is 16.5. The molecule has 2 aromatic carbocycles. The molecule has 2 aliphatic rings. The molecule has 0 heterocycles. The van der Waals surface area contributed by atoms with E-state index in [0.717, 1.165) is 25.0 Å². The summed E-state index contributed by atoms with van der Waals surface area (Å²) in [5.74, 6) is 0.964. The molecule has 0 bridgehead atoms. The van der Waals surface area contributed by atoms with Gasteiger partial charge in [-0.1, -0.05) is 49.2 Å². The number of hydrogen-bond acceptors (Lipinski definition) is 2. The van der Waals surface area contributed by atoms with Gasteiger partial charge in [0, 0.05) is 17.2 Å². The molecule has 0 aromatic heterocycles. The van der Waals surface area contributed by atoms with Gasteiger partial charge in [0.05, 0.1) is 6.10 Å². The quantitative estimate of drug-likeness (QED) is 0.894. The van der Waals surface area contributed by atoms with Gasteiger partial charge in [0.1, 0.15) is 11.9 Å². The zero-order valence-corrected chi connectivity index (χ0v) is 11.6. The summed E-state index contributed by atoms with van der Waals surface area (Å²) in [4.78, 5) is 0. The van der Waals surface area contributed by atoms with Crippen molar-refractivity contribution in [1.29, 1.82) is 0 Å². The van der Waals surface area contributed by atoms with Crippen molar-refractivity contribution in [3.8, 4) is 5.75 Å². The minimum atomic E-state index is -0.162. The number of rotatable bonds is 2. The molecule has 0 aliphatic heterocycles. The molecule has 2 heteroatoms. The van der Waals surface area contributed by atoms with Gasteiger partial charge in [-0.15, -0.1) is 0 Å². The van der Waals surface area contributed by atoms with Crippen LogP contribution in [0, 0.1) is 5.41 Å². The van der Waals surface area contributed by atoms with Crippen molar-refractivity contribution in [2.45, 2.75) is 44.3 Å². The van der Waals surface area contributed by atoms with Crippen LogP contribution >= 0.6 is 0 Å². The summed E-state index contributed by atoms with van der Waals surface area (Å²) in [5, 5.41) is 12.6. The number of benzene rings is 2. The SMILES string of the molecule is OC1CC(Oc2cccc3ccccc23)C12CCCC2. The van der Waals surface area contributed by atoms with Gasteiger partial charge >= 0.3 is 0 Å². The van der Waals surface area contributed by atoms with Crippen LogP contribution in [-0.2, 0) is 0 Å². The van der Waals surface area contributed by atoms with Crippen molar-refractivity contribution in [1.82, 2.24) is 0 Å². The van der Waals surface area contributed by atoms with Crippen LogP contribution in [0.4, 0.5) is 0 Å². The first-order valence-corrected chi connectivity index (χ1v) is 7.62. The standard InChI is InChI=1S/C18H20O2/c19-16-12-17(18(16)10-3-4-11-18)20-15-9-5-7-13-6-1-2-8-14(13)15/h1-2,5-9,16-17,19H,3-4,10-12H2. The smallest absolute Gasteiger partial charge is 0.127 e. The van der Waals surface area contributed by atoms with E-state index in [1.54, 1.807) is 0 Å². The van der Waals surface area contributed by atoms with Crippen LogP contribution in [0.1, 0.15) is 32.1 Å². The molecule has 2 aliphatic carbocycles. The van der Waals surface area contributed by atoms with Crippen molar-refractivity contribution < 1.29 is 9.84 Å². The predicted octanol–water partition coefficient (Wildman–Crippen LogP) is 3.91. The van der Waals surface area contributed by atoms with Gasteiger partial charge in [-0.25, -0.2) is 0 Å². The highest BCUT2D eigenvalue weighted by Crippen LogP contribution is 2.54. The molecular weight excluding hydrogens is 248 g/mol. The lowest BCUT2D eigenvalue weighted by Gasteiger charge is -2.51. The third-order valence-corrected chi connectivity index (χ3v) is 5.30. The Kier molecular flexibility index (Phi) is 2.74. The molecular formula is C18H20O2. The van der Waals surface area contributed by atoms with E-state index >= 15 is 0 Å². The molecule has 2 nitrogen and oxygen atoms in total. The topological polar surface area (TPSA) is 29.5 Å². The summed E-state index contributed by atoms with van der Waals surface area (Å²) in [7, 11) is 0. The van der Waals surface area contributed by atoms with E-state index in [2.05, 4.69) is 36.4 Å². The zero-order chi connectivity index (χ0) is 13.6. The fourth-order valence-electron chi connectivity index (χ4n) is 4.03. The molecule has 2 atom stereocenters. The summed E-state index contributed by atoms with van der Waals surface area (Å²) in [6, 6.07) is 14.5. The first-order valence-electron chi connectivity index (χ1n) is 7.62. The molecule has 2 fully saturated rings. The normalized spacial score (nSPS) is 27.6. The van der Waals surface area contributed by atoms with E-state index < -0.39 is 0 Å². The maximum Gasteiger partial charge on any atom is 0.127 e. The van der Waals surface area contributed by atoms with Crippen molar-refractivity contribution in [2.24, 2.45) is 5.41 Å². The van der Waals surface area contributed by atoms with Crippen molar-refractivity contribution in [2.75, 3.05) is 0 Å². The van der Waals surface area contributed by atoms with Crippen molar-refractivity contribution >= 4 is 10.8 Å². The third-order valence-electron chi connectivity index (χ3n) is 5.30. The molecule has 0 amide bonds. The first kappa shape index (κ1) is 12.2. The molecule has 4 rings (SSSR count). The lowest BCUT2D eigenvalue weighted by Crippen LogP contribution is -2.58. The summed E-state index contributed by atoms with van der Waals surface area (Å²) in [6.45, 7) is 0. The van der Waals surface area contributed by atoms with E-state index in [-0.39, 0.29) is 17.6 Å². The average molecular weight is 268 g/mol. The Morgan fingerprint density at radius 3 is 2.55 bits per heavy atom. The summed E-state index contributed by atoms with van der Waals surface area (Å²) < 4.78 is 6.31. The van der Waals surface area contributed by atoms with Crippen LogP contribution in [-0.4, -0.2) is 17.3 Å². The Labute approximate surface area is 119 Å². The van der Waals surface area contributed by atoms with E-state index in [9.17, 15) is 5.11 Å². The monoisotopic (exact) mass is 268 g/mol. The molecule has 2 unspecified atom stereocenters. The lowest BCUT2D eigenvalue weighted by molar-refractivity contribution is -0.151. The van der Waals surface area contributed by atoms with Gasteiger partial charge in [0.2, 0.25) is 0 Å². The molecule has 2 saturated carbocycles. The minimum Gasteiger partial charge on any atom is -0.489 e. The van der Waals surface area contributed by atoms with Crippen LogP contribution in [0.3, 0.4) is 0 Å². The molecule has 1 spiro atoms. The second-order valence-corrected chi connectivity index (χ2v) is 6.28. The van der Waals surface area contributed by atoms with Gasteiger partial charge in [0.25, 0.3) is 0 Å². The lowest BCUT2D eigenvalue weighted by atomic mass is 9.62. The largest absolute Gasteiger partial charge is 0.489 e. The Balaban J connectivity index is 1.65. The van der Waals surface area contributed by atoms with Crippen molar-refractivity contribution in [3.63, 3.8) is 0 Å². The number of aliphatic hydroxyl groups is 1. The molecule has 1 N–H and O–H groups in total. The molecule has 2 aromatic rings. The summed E-state index contributed by atoms with van der Waals surface area (Å²) >= 11 is 0. The Morgan fingerprint density at radius 2 is 1.75 bits per heavy atom. The maximum absolute atomic E-state index is 10.2. The number of ether oxygens (including phenoxy) is 1. The van der Waals surface area contributed by atoms with Crippen LogP contribution in [0.5, 0.6) is 5.75 Å². The minimum absolute atomic E-state index is 0.0386. The molecule has 20 heavy (non-hydrogen) atoms. The number of hydrogen-bond donors (Lipinski definition) is 1. The second kappa shape index (κ2) is 4.49. The molecule has 104 valence electrons. The fourth-order valence-corrected chi connectivity index (χ4v) is 4.03. The summed E-state index contributed by atoms with van der Waals surface area (Å²) in [5.41, 5.74) is 0.0386. The fraction of sp³-hybridized carbons (Fsp3) is 0.444. The predicted molar refractivity (Wildman–Crippen MR) is 79.9 cm³/mol. The van der Waals surface area contributed by atoms with E-state index in [0.29, 0.717) is 0 Å². The number of aliphatic hydroxyl groups excluding tert-OH is 1. The van der Waals surface area contributed by atoms with E-state index in [4.69, 9.17) is 4.74 Å². The van der Waals surface area contributed by atoms with Crippen LogP contribution in [0.25, 0.3) is 10.8 Å². The third kappa shape index (κ3) is 1.68. The Hall–Kier alpha value is -1.54. The Bertz CT molecular complexity index is 623. The van der Waals surface area contributed by atoms with Gasteiger partial charge < -0.3 is 9.84 Å².